The second-order valence-electron chi connectivity index (χ2n) is 3.64. The van der Waals surface area contributed by atoms with Gasteiger partial charge in [-0.2, -0.15) is 0 Å². The van der Waals surface area contributed by atoms with Crippen molar-refractivity contribution in [2.45, 2.75) is 6.42 Å². The molecule has 1 aromatic rings. The number of amides is 1. The minimum atomic E-state index is -0.127. The molecule has 0 aromatic heterocycles. The Morgan fingerprint density at radius 2 is 2.18 bits per heavy atom. The molecule has 0 spiro atoms. The van der Waals surface area contributed by atoms with Crippen molar-refractivity contribution in [3.63, 3.8) is 0 Å². The average molecular weight is 253 g/mol. The molecule has 0 radical (unpaired) electrons. The van der Waals surface area contributed by atoms with Crippen LogP contribution in [-0.2, 0) is 9.63 Å². The van der Waals surface area contributed by atoms with Crippen LogP contribution in [0.2, 0.25) is 0 Å². The van der Waals surface area contributed by atoms with Crippen molar-refractivity contribution in [3.8, 4) is 0 Å². The topological polar surface area (TPSA) is 41.9 Å². The van der Waals surface area contributed by atoms with Crippen LogP contribution in [0.3, 0.4) is 0 Å². The molecule has 0 aliphatic carbocycles. The molecule has 0 fully saturated rings. The standard InChI is InChI=1S/C12H13ClN2O2/c1-17-14-11-9-5-2-3-6-10(9)15(12(11)16)8-4-7-13/h2-3,5-6H,4,7-8H2,1H3. The van der Waals surface area contributed by atoms with Crippen LogP contribution in [-0.4, -0.2) is 31.2 Å². The first-order chi connectivity index (χ1) is 8.29. The quantitative estimate of drug-likeness (QED) is 0.608. The Morgan fingerprint density at radius 3 is 2.88 bits per heavy atom. The second kappa shape index (κ2) is 5.19. The molecule has 5 heteroatoms. The van der Waals surface area contributed by atoms with Crippen LogP contribution in [0.25, 0.3) is 0 Å². The smallest absolute Gasteiger partial charge is 0.281 e. The molecule has 2 rings (SSSR count). The lowest BCUT2D eigenvalue weighted by atomic mass is 10.1. The molecule has 4 nitrogen and oxygen atoms in total. The fraction of sp³-hybridized carbons (Fsp3) is 0.333. The Balaban J connectivity index is 2.38. The van der Waals surface area contributed by atoms with Crippen LogP contribution in [0.4, 0.5) is 5.69 Å². The van der Waals surface area contributed by atoms with Gasteiger partial charge < -0.3 is 9.74 Å². The molecule has 0 N–H and O–H groups in total. The summed E-state index contributed by atoms with van der Waals surface area (Å²) < 4.78 is 0. The number of hydrogen-bond donors (Lipinski definition) is 0. The molecule has 90 valence electrons. The Kier molecular flexibility index (Phi) is 3.64. The number of carbonyl (C=O) groups excluding carboxylic acids is 1. The highest BCUT2D eigenvalue weighted by atomic mass is 35.5. The molecule has 1 aromatic carbocycles. The normalized spacial score (nSPS) is 16.5. The molecule has 1 aliphatic heterocycles. The van der Waals surface area contributed by atoms with E-state index in [9.17, 15) is 4.79 Å². The van der Waals surface area contributed by atoms with Gasteiger partial charge in [-0.25, -0.2) is 0 Å². The Morgan fingerprint density at radius 1 is 1.41 bits per heavy atom. The number of benzene rings is 1. The number of nitrogens with zero attached hydrogens (tertiary/aromatic N) is 2. The van der Waals surface area contributed by atoms with Crippen LogP contribution in [0.15, 0.2) is 29.4 Å². The predicted octanol–water partition coefficient (Wildman–Crippen LogP) is 2.01. The number of alkyl halides is 1. The maximum absolute atomic E-state index is 12.1. The highest BCUT2D eigenvalue weighted by Gasteiger charge is 2.33. The van der Waals surface area contributed by atoms with E-state index in [1.54, 1.807) is 4.90 Å². The molecule has 0 atom stereocenters. The summed E-state index contributed by atoms with van der Waals surface area (Å²) in [5, 5.41) is 3.80. The van der Waals surface area contributed by atoms with E-state index in [1.807, 2.05) is 24.3 Å². The number of hydrogen-bond acceptors (Lipinski definition) is 3. The molecule has 1 amide bonds. The maximum Gasteiger partial charge on any atom is 0.281 e. The summed E-state index contributed by atoms with van der Waals surface area (Å²) in [6, 6.07) is 7.54. The molecule has 1 aliphatic rings. The molecule has 0 saturated carbocycles. The fourth-order valence-electron chi connectivity index (χ4n) is 1.88. The zero-order chi connectivity index (χ0) is 12.3. The van der Waals surface area contributed by atoms with E-state index in [4.69, 9.17) is 16.4 Å². The zero-order valence-corrected chi connectivity index (χ0v) is 10.3. The summed E-state index contributed by atoms with van der Waals surface area (Å²) in [5.41, 5.74) is 2.05. The minimum Gasteiger partial charge on any atom is -0.398 e. The van der Waals surface area contributed by atoms with Crippen molar-refractivity contribution in [3.05, 3.63) is 29.8 Å². The van der Waals surface area contributed by atoms with Crippen LogP contribution in [0, 0.1) is 0 Å². The SMILES string of the molecule is CON=C1C(=O)N(CCCCl)c2ccccc21. The van der Waals surface area contributed by atoms with Gasteiger partial charge in [0.1, 0.15) is 7.11 Å². The third-order valence-corrected chi connectivity index (χ3v) is 2.86. The molecule has 17 heavy (non-hydrogen) atoms. The van der Waals surface area contributed by atoms with Crippen molar-refractivity contribution in [1.82, 2.24) is 0 Å². The van der Waals surface area contributed by atoms with E-state index >= 15 is 0 Å². The fourth-order valence-corrected chi connectivity index (χ4v) is 2.00. The Labute approximate surface area is 105 Å². The van der Waals surface area contributed by atoms with E-state index in [-0.39, 0.29) is 5.91 Å². The van der Waals surface area contributed by atoms with Gasteiger partial charge in [0.15, 0.2) is 5.71 Å². The van der Waals surface area contributed by atoms with Crippen LogP contribution >= 0.6 is 11.6 Å². The van der Waals surface area contributed by atoms with Gasteiger partial charge in [-0.15, -0.1) is 11.6 Å². The molecule has 0 saturated heterocycles. The number of oxime groups is 1. The first-order valence-corrected chi connectivity index (χ1v) is 5.91. The van der Waals surface area contributed by atoms with E-state index in [0.717, 1.165) is 17.7 Å². The molecule has 0 unspecified atom stereocenters. The summed E-state index contributed by atoms with van der Waals surface area (Å²) >= 11 is 5.66. The van der Waals surface area contributed by atoms with Gasteiger partial charge in [-0.05, 0) is 12.5 Å². The lowest BCUT2D eigenvalue weighted by molar-refractivity contribution is -0.112. The monoisotopic (exact) mass is 252 g/mol. The number of fused-ring (bicyclic) bond motifs is 1. The average Bonchev–Trinajstić information content (AvgIpc) is 2.61. The molecule has 0 bridgehead atoms. The highest BCUT2D eigenvalue weighted by molar-refractivity contribution is 6.54. The van der Waals surface area contributed by atoms with Crippen LogP contribution in [0.1, 0.15) is 12.0 Å². The summed E-state index contributed by atoms with van der Waals surface area (Å²) in [6.45, 7) is 0.599. The van der Waals surface area contributed by atoms with Gasteiger partial charge in [0, 0.05) is 18.0 Å². The van der Waals surface area contributed by atoms with E-state index in [1.165, 1.54) is 7.11 Å². The highest BCUT2D eigenvalue weighted by Crippen LogP contribution is 2.29. The van der Waals surface area contributed by atoms with Gasteiger partial charge in [-0.3, -0.25) is 4.79 Å². The lowest BCUT2D eigenvalue weighted by Gasteiger charge is -2.15. The van der Waals surface area contributed by atoms with E-state index < -0.39 is 0 Å². The van der Waals surface area contributed by atoms with Gasteiger partial charge >= 0.3 is 0 Å². The van der Waals surface area contributed by atoms with Gasteiger partial charge in [0.05, 0.1) is 5.69 Å². The first-order valence-electron chi connectivity index (χ1n) is 5.38. The molecular formula is C12H13ClN2O2. The number of para-hydroxylation sites is 1. The summed E-state index contributed by atoms with van der Waals surface area (Å²) in [4.78, 5) is 18.5. The van der Waals surface area contributed by atoms with E-state index in [2.05, 4.69) is 5.16 Å². The second-order valence-corrected chi connectivity index (χ2v) is 4.02. The van der Waals surface area contributed by atoms with Gasteiger partial charge in [-0.1, -0.05) is 23.4 Å². The van der Waals surface area contributed by atoms with Crippen LogP contribution < -0.4 is 4.90 Å². The summed E-state index contributed by atoms with van der Waals surface area (Å²) in [5.74, 6) is 0.404. The third kappa shape index (κ3) is 2.13. The summed E-state index contributed by atoms with van der Waals surface area (Å²) in [6.07, 6.45) is 0.752. The van der Waals surface area contributed by atoms with Crippen molar-refractivity contribution >= 4 is 28.9 Å². The van der Waals surface area contributed by atoms with Crippen molar-refractivity contribution in [1.29, 1.82) is 0 Å². The zero-order valence-electron chi connectivity index (χ0n) is 9.52. The number of rotatable bonds is 4. The van der Waals surface area contributed by atoms with Gasteiger partial charge in [0.2, 0.25) is 0 Å². The number of anilines is 1. The van der Waals surface area contributed by atoms with Crippen molar-refractivity contribution in [2.75, 3.05) is 24.4 Å². The van der Waals surface area contributed by atoms with Gasteiger partial charge in [0.25, 0.3) is 5.91 Å². The Bertz CT molecular complexity index is 460. The number of carbonyl (C=O) groups is 1. The van der Waals surface area contributed by atoms with E-state index in [0.29, 0.717) is 18.1 Å². The maximum atomic E-state index is 12.1. The third-order valence-electron chi connectivity index (χ3n) is 2.60. The predicted molar refractivity (Wildman–Crippen MR) is 67.7 cm³/mol. The minimum absolute atomic E-state index is 0.127. The lowest BCUT2D eigenvalue weighted by Crippen LogP contribution is -2.31. The first kappa shape index (κ1) is 11.9. The summed E-state index contributed by atoms with van der Waals surface area (Å²) in [7, 11) is 1.43. The molecule has 1 heterocycles. The van der Waals surface area contributed by atoms with Crippen molar-refractivity contribution < 1.29 is 9.63 Å². The Hall–Kier alpha value is -1.55. The van der Waals surface area contributed by atoms with Crippen molar-refractivity contribution in [2.24, 2.45) is 5.16 Å². The number of halogens is 1. The largest absolute Gasteiger partial charge is 0.398 e. The molecular weight excluding hydrogens is 240 g/mol. The van der Waals surface area contributed by atoms with Crippen LogP contribution in [0.5, 0.6) is 0 Å².